The fourth-order valence-corrected chi connectivity index (χ4v) is 4.78. The number of benzene rings is 2. The predicted octanol–water partition coefficient (Wildman–Crippen LogP) is 2.37. The Labute approximate surface area is 224 Å². The highest BCUT2D eigenvalue weighted by molar-refractivity contribution is 5.86. The molecule has 1 fully saturated rings. The molecule has 14 heteroatoms. The Morgan fingerprint density at radius 3 is 2.42 bits per heavy atom. The van der Waals surface area contributed by atoms with Crippen molar-refractivity contribution in [1.29, 1.82) is 0 Å². The van der Waals surface area contributed by atoms with Crippen molar-refractivity contribution in [2.24, 2.45) is 7.05 Å². The number of carbonyl (C=O) groups is 1. The largest absolute Gasteiger partial charge is 0.434 e. The van der Waals surface area contributed by atoms with Crippen LogP contribution in [-0.4, -0.2) is 74.6 Å². The molecule has 1 N–H and O–H groups in total. The van der Waals surface area contributed by atoms with Crippen molar-refractivity contribution in [1.82, 2.24) is 24.2 Å². The van der Waals surface area contributed by atoms with Crippen LogP contribution in [-0.2, 0) is 18.4 Å². The van der Waals surface area contributed by atoms with Gasteiger partial charge in [-0.05, 0) is 12.1 Å². The average Bonchev–Trinajstić information content (AvgIpc) is 3.18. The highest BCUT2D eigenvalue weighted by Gasteiger charge is 2.25. The summed E-state index contributed by atoms with van der Waals surface area (Å²) >= 11 is 0. The van der Waals surface area contributed by atoms with Crippen molar-refractivity contribution in [3.8, 4) is 16.9 Å². The first kappa shape index (κ1) is 27.1. The molecule has 40 heavy (non-hydrogen) atoms. The molecule has 0 saturated carbocycles. The van der Waals surface area contributed by atoms with Gasteiger partial charge in [-0.15, -0.1) is 0 Å². The maximum absolute atomic E-state index is 16.0. The summed E-state index contributed by atoms with van der Waals surface area (Å²) in [5.74, 6) is -2.24. The van der Waals surface area contributed by atoms with Crippen LogP contribution in [0.4, 0.5) is 23.5 Å². The Bertz CT molecular complexity index is 1610. The van der Waals surface area contributed by atoms with E-state index in [1.165, 1.54) is 47.2 Å². The molecule has 1 saturated heterocycles. The first-order chi connectivity index (χ1) is 19.2. The van der Waals surface area contributed by atoms with E-state index in [4.69, 9.17) is 5.11 Å². The number of aliphatic hydroxyl groups excluding tert-OH is 1. The second-order valence-corrected chi connectivity index (χ2v) is 9.11. The number of amides is 1. The van der Waals surface area contributed by atoms with E-state index in [2.05, 4.69) is 14.7 Å². The van der Waals surface area contributed by atoms with E-state index in [-0.39, 0.29) is 40.2 Å². The Hall–Kier alpha value is -4.46. The SMILES string of the molecule is Cn1c(=O)c2cc(F)c(-c3cnc(N4CCN(C(=O)CO)CC4)nc3)c(F)c2n1Cc1ccccc1OC(F)F. The second kappa shape index (κ2) is 11.0. The number of anilines is 1. The Morgan fingerprint density at radius 2 is 1.77 bits per heavy atom. The standard InChI is InChI=1S/C26H24F4N6O4/c1-33-24(39)17-10-18(27)21(16-11-31-26(32-12-16)35-8-6-34(7-9-35)20(38)14-37)22(28)23(17)36(33)13-15-4-2-3-5-19(15)40-25(29)30/h2-5,10-12,25,37H,6-9,13-14H2,1H3. The molecule has 1 aliphatic heterocycles. The number of rotatable bonds is 7. The van der Waals surface area contributed by atoms with Crippen LogP contribution in [0.1, 0.15) is 5.56 Å². The molecule has 0 unspecified atom stereocenters. The number of alkyl halides is 2. The summed E-state index contributed by atoms with van der Waals surface area (Å²) in [7, 11) is 1.36. The molecule has 4 aromatic rings. The number of hydrogen-bond acceptors (Lipinski definition) is 7. The lowest BCUT2D eigenvalue weighted by Crippen LogP contribution is -2.50. The van der Waals surface area contributed by atoms with Crippen molar-refractivity contribution in [3.05, 3.63) is 70.3 Å². The maximum Gasteiger partial charge on any atom is 0.387 e. The van der Waals surface area contributed by atoms with Crippen molar-refractivity contribution in [3.63, 3.8) is 0 Å². The average molecular weight is 561 g/mol. The van der Waals surface area contributed by atoms with Crippen molar-refractivity contribution in [2.45, 2.75) is 13.2 Å². The van der Waals surface area contributed by atoms with Gasteiger partial charge >= 0.3 is 6.61 Å². The molecule has 5 rings (SSSR count). The van der Waals surface area contributed by atoms with E-state index < -0.39 is 36.0 Å². The van der Waals surface area contributed by atoms with Crippen molar-refractivity contribution >= 4 is 22.8 Å². The minimum Gasteiger partial charge on any atom is -0.434 e. The lowest BCUT2D eigenvalue weighted by Gasteiger charge is -2.34. The summed E-state index contributed by atoms with van der Waals surface area (Å²) in [6.07, 6.45) is 2.52. The van der Waals surface area contributed by atoms with Crippen LogP contribution in [0.3, 0.4) is 0 Å². The minimum atomic E-state index is -3.08. The number of hydrogen-bond donors (Lipinski definition) is 1. The van der Waals surface area contributed by atoms with Crippen LogP contribution in [0.15, 0.2) is 47.5 Å². The molecule has 1 aliphatic rings. The van der Waals surface area contributed by atoms with Crippen LogP contribution in [0.25, 0.3) is 22.0 Å². The van der Waals surface area contributed by atoms with Crippen LogP contribution < -0.4 is 15.2 Å². The van der Waals surface area contributed by atoms with Crippen molar-refractivity contribution < 1.29 is 32.2 Å². The zero-order valence-corrected chi connectivity index (χ0v) is 21.2. The van der Waals surface area contributed by atoms with Crippen LogP contribution in [0.2, 0.25) is 0 Å². The summed E-state index contributed by atoms with van der Waals surface area (Å²) in [5.41, 5.74) is -1.05. The van der Waals surface area contributed by atoms with Crippen LogP contribution >= 0.6 is 0 Å². The maximum atomic E-state index is 16.0. The van der Waals surface area contributed by atoms with Gasteiger partial charge in [-0.3, -0.25) is 19.0 Å². The van der Waals surface area contributed by atoms with Gasteiger partial charge in [-0.25, -0.2) is 18.7 Å². The molecule has 0 spiro atoms. The molecule has 2 aromatic carbocycles. The highest BCUT2D eigenvalue weighted by atomic mass is 19.3. The minimum absolute atomic E-state index is 0.0269. The monoisotopic (exact) mass is 560 g/mol. The Kier molecular flexibility index (Phi) is 7.43. The van der Waals surface area contributed by atoms with Gasteiger partial charge in [-0.1, -0.05) is 18.2 Å². The molecule has 0 bridgehead atoms. The van der Waals surface area contributed by atoms with Gasteiger partial charge in [0.1, 0.15) is 23.7 Å². The predicted molar refractivity (Wildman–Crippen MR) is 136 cm³/mol. The molecule has 0 aliphatic carbocycles. The van der Waals surface area contributed by atoms with E-state index in [0.29, 0.717) is 32.1 Å². The fourth-order valence-electron chi connectivity index (χ4n) is 4.78. The molecule has 1 amide bonds. The number of halogens is 4. The third-order valence-electron chi connectivity index (χ3n) is 6.82. The van der Waals surface area contributed by atoms with E-state index in [1.807, 2.05) is 0 Å². The van der Waals surface area contributed by atoms with Gasteiger partial charge in [0.2, 0.25) is 11.9 Å². The summed E-state index contributed by atoms with van der Waals surface area (Å²) in [6, 6.07) is 6.85. The molecule has 0 radical (unpaired) electrons. The first-order valence-electron chi connectivity index (χ1n) is 12.3. The van der Waals surface area contributed by atoms with Crippen LogP contribution in [0.5, 0.6) is 5.75 Å². The van der Waals surface area contributed by atoms with E-state index >= 15 is 8.78 Å². The highest BCUT2D eigenvalue weighted by Crippen LogP contribution is 2.32. The molecule has 0 atom stereocenters. The number of para-hydroxylation sites is 1. The van der Waals surface area contributed by atoms with Gasteiger partial charge in [-0.2, -0.15) is 8.78 Å². The van der Waals surface area contributed by atoms with E-state index in [0.717, 1.165) is 10.7 Å². The molecular formula is C26H24F4N6O4. The first-order valence-corrected chi connectivity index (χ1v) is 12.3. The lowest BCUT2D eigenvalue weighted by molar-refractivity contribution is -0.134. The number of carbonyl (C=O) groups excluding carboxylic acids is 1. The van der Waals surface area contributed by atoms with Gasteiger partial charge in [0, 0.05) is 56.7 Å². The van der Waals surface area contributed by atoms with Gasteiger partial charge in [0.15, 0.2) is 5.82 Å². The lowest BCUT2D eigenvalue weighted by atomic mass is 10.1. The second-order valence-electron chi connectivity index (χ2n) is 9.11. The van der Waals surface area contributed by atoms with Gasteiger partial charge < -0.3 is 19.6 Å². The number of aromatic nitrogens is 4. The van der Waals surface area contributed by atoms with Gasteiger partial charge in [0.05, 0.1) is 17.5 Å². The normalized spacial score (nSPS) is 13.9. The molecular weight excluding hydrogens is 536 g/mol. The third-order valence-corrected chi connectivity index (χ3v) is 6.82. The van der Waals surface area contributed by atoms with Crippen LogP contribution in [0, 0.1) is 11.6 Å². The Morgan fingerprint density at radius 1 is 1.10 bits per heavy atom. The smallest absolute Gasteiger partial charge is 0.387 e. The molecule has 10 nitrogen and oxygen atoms in total. The van der Waals surface area contributed by atoms with Gasteiger partial charge in [0.25, 0.3) is 5.56 Å². The number of nitrogens with zero attached hydrogens (tertiary/aromatic N) is 6. The summed E-state index contributed by atoms with van der Waals surface area (Å²) < 4.78 is 63.9. The summed E-state index contributed by atoms with van der Waals surface area (Å²) in [4.78, 5) is 36.3. The van der Waals surface area contributed by atoms with E-state index in [9.17, 15) is 18.4 Å². The van der Waals surface area contributed by atoms with Crippen molar-refractivity contribution in [2.75, 3.05) is 37.7 Å². The zero-order valence-electron chi connectivity index (χ0n) is 21.2. The number of piperazine rings is 1. The van der Waals surface area contributed by atoms with E-state index in [1.54, 1.807) is 11.0 Å². The molecule has 2 aromatic heterocycles. The number of fused-ring (bicyclic) bond motifs is 1. The Balaban J connectivity index is 1.49. The topological polar surface area (TPSA) is 106 Å². The quantitative estimate of drug-likeness (QED) is 0.346. The zero-order chi connectivity index (χ0) is 28.6. The fraction of sp³-hybridized carbons (Fsp3) is 0.308. The summed E-state index contributed by atoms with van der Waals surface area (Å²) in [5, 5.41) is 8.81. The summed E-state index contributed by atoms with van der Waals surface area (Å²) in [6.45, 7) is -2.32. The number of ether oxygens (including phenoxy) is 1. The number of aliphatic hydroxyl groups is 1. The molecule has 210 valence electrons. The third kappa shape index (κ3) is 4.97. The molecule has 3 heterocycles.